The summed E-state index contributed by atoms with van der Waals surface area (Å²) in [6.07, 6.45) is 3.99. The van der Waals surface area contributed by atoms with Gasteiger partial charge in [-0.3, -0.25) is 9.59 Å². The molecule has 6 N–H and O–H groups in total. The highest BCUT2D eigenvalue weighted by Crippen LogP contribution is 2.18. The number of carbonyl (C=O) groups excluding carboxylic acids is 2. The van der Waals surface area contributed by atoms with Crippen molar-refractivity contribution in [3.8, 4) is 6.07 Å². The molecule has 0 aliphatic rings. The third kappa shape index (κ3) is 2.99. The Balaban J connectivity index is 2.93. The third-order valence-corrected chi connectivity index (χ3v) is 1.95. The molecule has 0 aliphatic heterocycles. The maximum absolute atomic E-state index is 10.9. The molecule has 7 nitrogen and oxygen atoms in total. The number of anilines is 1. The van der Waals surface area contributed by atoms with Crippen molar-refractivity contribution in [2.24, 2.45) is 11.5 Å². The first kappa shape index (κ1) is 13.1. The number of rotatable bonds is 4. The average molecular weight is 246 g/mol. The van der Waals surface area contributed by atoms with Gasteiger partial charge in [-0.2, -0.15) is 5.26 Å². The summed E-state index contributed by atoms with van der Waals surface area (Å²) in [6.45, 7) is 0. The van der Waals surface area contributed by atoms with Gasteiger partial charge in [0.1, 0.15) is 23.0 Å². The molecule has 0 atom stereocenters. The number of nitrogen functional groups attached to an aromatic ring is 1. The molecule has 0 bridgehead atoms. The summed E-state index contributed by atoms with van der Waals surface area (Å²) in [5.41, 5.74) is 15.2. The summed E-state index contributed by atoms with van der Waals surface area (Å²) in [5, 5.41) is 8.56. The minimum Gasteiger partial charge on any atom is -0.441 e. The molecular formula is C11H10N4O3. The summed E-state index contributed by atoms with van der Waals surface area (Å²) in [7, 11) is 0. The van der Waals surface area contributed by atoms with Crippen LogP contribution in [0.2, 0.25) is 0 Å². The molecule has 1 heterocycles. The largest absolute Gasteiger partial charge is 0.441 e. The fourth-order valence-electron chi connectivity index (χ4n) is 1.11. The van der Waals surface area contributed by atoms with E-state index < -0.39 is 11.8 Å². The average Bonchev–Trinajstić information content (AvgIpc) is 2.65. The van der Waals surface area contributed by atoms with Crippen molar-refractivity contribution in [1.82, 2.24) is 0 Å². The topological polar surface area (TPSA) is 149 Å². The second-order valence-corrected chi connectivity index (χ2v) is 3.21. The second kappa shape index (κ2) is 5.36. The van der Waals surface area contributed by atoms with E-state index in [0.29, 0.717) is 0 Å². The number of amides is 2. The van der Waals surface area contributed by atoms with Gasteiger partial charge < -0.3 is 21.6 Å². The molecule has 0 aliphatic carbocycles. The monoisotopic (exact) mass is 246 g/mol. The number of carbonyl (C=O) groups is 2. The number of allylic oxidation sites excluding steroid dienone is 2. The van der Waals surface area contributed by atoms with Crippen molar-refractivity contribution < 1.29 is 14.0 Å². The van der Waals surface area contributed by atoms with E-state index in [0.717, 1.165) is 0 Å². The zero-order valence-electron chi connectivity index (χ0n) is 9.21. The number of nitrogens with zero attached hydrogens (tertiary/aromatic N) is 1. The summed E-state index contributed by atoms with van der Waals surface area (Å²) >= 11 is 0. The smallest absolute Gasteiger partial charge is 0.259 e. The van der Waals surface area contributed by atoms with E-state index in [9.17, 15) is 9.59 Å². The molecule has 0 aromatic carbocycles. The lowest BCUT2D eigenvalue weighted by Crippen LogP contribution is -2.12. The van der Waals surface area contributed by atoms with E-state index in [1.165, 1.54) is 24.3 Å². The van der Waals surface area contributed by atoms with Crippen LogP contribution in [0.4, 0.5) is 5.88 Å². The Morgan fingerprint density at radius 1 is 1.39 bits per heavy atom. The normalized spacial score (nSPS) is 11.4. The molecule has 18 heavy (non-hydrogen) atoms. The second-order valence-electron chi connectivity index (χ2n) is 3.21. The third-order valence-electron chi connectivity index (χ3n) is 1.95. The van der Waals surface area contributed by atoms with E-state index >= 15 is 0 Å². The minimum absolute atomic E-state index is 0.0639. The van der Waals surface area contributed by atoms with Gasteiger partial charge in [0, 0.05) is 0 Å². The quantitative estimate of drug-likeness (QED) is 0.385. The van der Waals surface area contributed by atoms with Crippen LogP contribution in [-0.2, 0) is 4.79 Å². The van der Waals surface area contributed by atoms with Crippen molar-refractivity contribution in [2.45, 2.75) is 0 Å². The highest BCUT2D eigenvalue weighted by Gasteiger charge is 2.11. The fourth-order valence-corrected chi connectivity index (χ4v) is 1.11. The van der Waals surface area contributed by atoms with Gasteiger partial charge >= 0.3 is 0 Å². The molecule has 92 valence electrons. The van der Waals surface area contributed by atoms with E-state index in [4.69, 9.17) is 26.9 Å². The van der Waals surface area contributed by atoms with Crippen LogP contribution in [0, 0.1) is 11.3 Å². The van der Waals surface area contributed by atoms with Crippen LogP contribution in [0.5, 0.6) is 0 Å². The maximum atomic E-state index is 10.9. The maximum Gasteiger partial charge on any atom is 0.259 e. The van der Waals surface area contributed by atoms with Crippen LogP contribution >= 0.6 is 0 Å². The molecule has 1 aromatic rings. The first-order valence-corrected chi connectivity index (χ1v) is 4.73. The van der Waals surface area contributed by atoms with Gasteiger partial charge in [-0.05, 0) is 18.2 Å². The van der Waals surface area contributed by atoms with Crippen LogP contribution in [-0.4, -0.2) is 11.8 Å². The van der Waals surface area contributed by atoms with E-state index in [1.807, 2.05) is 0 Å². The summed E-state index contributed by atoms with van der Waals surface area (Å²) in [5.74, 6) is -1.37. The molecule has 1 aromatic heterocycles. The van der Waals surface area contributed by atoms with E-state index in [2.05, 4.69) is 0 Å². The lowest BCUT2D eigenvalue weighted by atomic mass is 10.2. The summed E-state index contributed by atoms with van der Waals surface area (Å²) < 4.78 is 5.01. The Morgan fingerprint density at radius 2 is 2.06 bits per heavy atom. The predicted octanol–water partition coefficient (Wildman–Crippen LogP) is -0.0908. The first-order chi connectivity index (χ1) is 8.45. The van der Waals surface area contributed by atoms with Crippen molar-refractivity contribution in [3.63, 3.8) is 0 Å². The zero-order chi connectivity index (χ0) is 13.7. The number of hydrogen-bond acceptors (Lipinski definition) is 5. The van der Waals surface area contributed by atoms with Crippen molar-refractivity contribution in [3.05, 3.63) is 35.1 Å². The molecule has 0 spiro atoms. The van der Waals surface area contributed by atoms with Crippen molar-refractivity contribution >= 4 is 23.8 Å². The Kier molecular flexibility index (Phi) is 3.89. The van der Waals surface area contributed by atoms with Crippen molar-refractivity contribution in [2.75, 3.05) is 5.73 Å². The molecule has 0 saturated heterocycles. The predicted molar refractivity (Wildman–Crippen MR) is 63.6 cm³/mol. The first-order valence-electron chi connectivity index (χ1n) is 4.73. The Labute approximate surface area is 102 Å². The van der Waals surface area contributed by atoms with Crippen LogP contribution < -0.4 is 17.2 Å². The van der Waals surface area contributed by atoms with Gasteiger partial charge in [0.2, 0.25) is 5.88 Å². The van der Waals surface area contributed by atoms with Crippen molar-refractivity contribution in [1.29, 1.82) is 5.26 Å². The number of nitriles is 1. The Morgan fingerprint density at radius 3 is 2.50 bits per heavy atom. The van der Waals surface area contributed by atoms with Crippen LogP contribution in [0.3, 0.4) is 0 Å². The highest BCUT2D eigenvalue weighted by atomic mass is 16.4. The van der Waals surface area contributed by atoms with Gasteiger partial charge in [0.05, 0.1) is 0 Å². The Bertz CT molecular complexity index is 590. The summed E-state index contributed by atoms with van der Waals surface area (Å²) in [4.78, 5) is 21.6. The lowest BCUT2D eigenvalue weighted by molar-refractivity contribution is -0.114. The number of hydrogen-bond donors (Lipinski definition) is 3. The number of furan rings is 1. The molecule has 0 saturated carbocycles. The molecule has 1 rings (SSSR count). The molecule has 0 unspecified atom stereocenters. The molecule has 2 amide bonds. The van der Waals surface area contributed by atoms with Gasteiger partial charge in [-0.15, -0.1) is 0 Å². The highest BCUT2D eigenvalue weighted by molar-refractivity contribution is 5.97. The van der Waals surface area contributed by atoms with Crippen LogP contribution in [0.15, 0.2) is 28.2 Å². The lowest BCUT2D eigenvalue weighted by Gasteiger charge is -1.87. The van der Waals surface area contributed by atoms with E-state index in [1.54, 1.807) is 6.07 Å². The van der Waals surface area contributed by atoms with E-state index in [-0.39, 0.29) is 22.8 Å². The molecule has 0 radical (unpaired) electrons. The molecular weight excluding hydrogens is 236 g/mol. The molecule has 0 fully saturated rings. The Hall–Kier alpha value is -3.01. The zero-order valence-corrected chi connectivity index (χ0v) is 9.21. The van der Waals surface area contributed by atoms with Gasteiger partial charge in [-0.1, -0.05) is 6.08 Å². The minimum atomic E-state index is -0.834. The number of primary amides is 2. The van der Waals surface area contributed by atoms with Crippen LogP contribution in [0.1, 0.15) is 16.1 Å². The van der Waals surface area contributed by atoms with Gasteiger partial charge in [0.15, 0.2) is 0 Å². The van der Waals surface area contributed by atoms with Gasteiger partial charge in [0.25, 0.3) is 11.8 Å². The SMILES string of the molecule is N#C/C(=C/C=C/c1cc(C(N)=O)c(N)o1)C(N)=O. The molecule has 7 heteroatoms. The standard InChI is InChI=1S/C11H10N4O3/c12-5-6(9(13)16)2-1-3-7-4-8(10(14)17)11(15)18-7/h1-4H,15H2,(H2,13,16)(H2,14,17)/b3-1+,6-2-. The van der Waals surface area contributed by atoms with Crippen LogP contribution in [0.25, 0.3) is 6.08 Å². The summed E-state index contributed by atoms with van der Waals surface area (Å²) in [6, 6.07) is 2.97. The fraction of sp³-hybridized carbons (Fsp3) is 0. The van der Waals surface area contributed by atoms with Gasteiger partial charge in [-0.25, -0.2) is 0 Å². The number of nitrogens with two attached hydrogens (primary N) is 3.